The molecule has 19 heavy (non-hydrogen) atoms. The van der Waals surface area contributed by atoms with Crippen molar-refractivity contribution in [3.05, 3.63) is 0 Å². The highest BCUT2D eigenvalue weighted by Crippen LogP contribution is 2.42. The zero-order valence-electron chi connectivity index (χ0n) is 11.6. The Morgan fingerprint density at radius 1 is 1.32 bits per heavy atom. The number of carbonyl (C=O) groups is 1. The molecule has 0 bridgehead atoms. The topological polar surface area (TPSA) is 47.9 Å². The number of carbonyl (C=O) groups excluding carboxylic acids is 1. The molecule has 0 radical (unpaired) electrons. The van der Waals surface area contributed by atoms with Crippen molar-refractivity contribution in [3.63, 3.8) is 0 Å². The fraction of sp³-hybridized carbons (Fsp3) is 0.867. The third-order valence-electron chi connectivity index (χ3n) is 4.82. The summed E-state index contributed by atoms with van der Waals surface area (Å²) in [6.45, 7) is 2.33. The van der Waals surface area contributed by atoms with Crippen molar-refractivity contribution in [2.24, 2.45) is 22.9 Å². The van der Waals surface area contributed by atoms with E-state index in [1.165, 1.54) is 37.8 Å². The van der Waals surface area contributed by atoms with Gasteiger partial charge >= 0.3 is 5.97 Å². The standard InChI is InChI=1S/C15H23NO3/c1-2-18-15(17)11-8-12-13(9-11)19-16-14(12)10-6-4-3-5-7-10/h10-13H,2-9H2,1H3. The molecular weight excluding hydrogens is 242 g/mol. The number of oxime groups is 1. The molecule has 106 valence electrons. The summed E-state index contributed by atoms with van der Waals surface area (Å²) in [5, 5.41) is 4.35. The predicted molar refractivity (Wildman–Crippen MR) is 71.7 cm³/mol. The van der Waals surface area contributed by atoms with Crippen molar-refractivity contribution < 1.29 is 14.4 Å². The van der Waals surface area contributed by atoms with Crippen LogP contribution in [0.15, 0.2) is 5.16 Å². The van der Waals surface area contributed by atoms with E-state index in [9.17, 15) is 4.79 Å². The molecule has 3 atom stereocenters. The van der Waals surface area contributed by atoms with E-state index in [1.807, 2.05) is 6.92 Å². The van der Waals surface area contributed by atoms with Gasteiger partial charge in [0.25, 0.3) is 0 Å². The number of hydrogen-bond donors (Lipinski definition) is 0. The number of rotatable bonds is 3. The molecule has 3 unspecified atom stereocenters. The summed E-state index contributed by atoms with van der Waals surface area (Å²) in [5.74, 6) is 0.940. The maximum Gasteiger partial charge on any atom is 0.309 e. The van der Waals surface area contributed by atoms with Crippen LogP contribution in [0.2, 0.25) is 0 Å². The van der Waals surface area contributed by atoms with Crippen molar-refractivity contribution in [1.82, 2.24) is 0 Å². The predicted octanol–water partition coefficient (Wildman–Crippen LogP) is 2.91. The van der Waals surface area contributed by atoms with Crippen molar-refractivity contribution in [2.45, 2.75) is 58.0 Å². The van der Waals surface area contributed by atoms with Crippen LogP contribution in [0.4, 0.5) is 0 Å². The molecule has 0 aromatic carbocycles. The molecule has 0 saturated heterocycles. The van der Waals surface area contributed by atoms with E-state index in [4.69, 9.17) is 9.57 Å². The number of nitrogens with zero attached hydrogens (tertiary/aromatic N) is 1. The van der Waals surface area contributed by atoms with Crippen molar-refractivity contribution in [1.29, 1.82) is 0 Å². The second-order valence-electron chi connectivity index (χ2n) is 6.02. The number of fused-ring (bicyclic) bond motifs is 1. The lowest BCUT2D eigenvalue weighted by Gasteiger charge is -2.23. The van der Waals surface area contributed by atoms with Crippen molar-refractivity contribution in [3.8, 4) is 0 Å². The second kappa shape index (κ2) is 5.51. The van der Waals surface area contributed by atoms with Gasteiger partial charge in [0, 0.05) is 18.3 Å². The summed E-state index contributed by atoms with van der Waals surface area (Å²) >= 11 is 0. The van der Waals surface area contributed by atoms with E-state index in [0.29, 0.717) is 18.4 Å². The van der Waals surface area contributed by atoms with Crippen LogP contribution >= 0.6 is 0 Å². The van der Waals surface area contributed by atoms with Gasteiger partial charge in [-0.25, -0.2) is 0 Å². The summed E-state index contributed by atoms with van der Waals surface area (Å²) in [6.07, 6.45) is 8.24. The molecule has 0 amide bonds. The average Bonchev–Trinajstić information content (AvgIpc) is 2.99. The van der Waals surface area contributed by atoms with E-state index in [2.05, 4.69) is 5.16 Å². The van der Waals surface area contributed by atoms with Gasteiger partial charge in [0.2, 0.25) is 0 Å². The largest absolute Gasteiger partial charge is 0.466 e. The van der Waals surface area contributed by atoms with Crippen LogP contribution in [0.5, 0.6) is 0 Å². The van der Waals surface area contributed by atoms with E-state index in [-0.39, 0.29) is 18.0 Å². The highest BCUT2D eigenvalue weighted by molar-refractivity contribution is 5.91. The monoisotopic (exact) mass is 265 g/mol. The molecule has 0 aromatic heterocycles. The van der Waals surface area contributed by atoms with Crippen molar-refractivity contribution >= 4 is 11.7 Å². The lowest BCUT2D eigenvalue weighted by Crippen LogP contribution is -2.26. The molecule has 2 fully saturated rings. The van der Waals surface area contributed by atoms with Gasteiger partial charge in [-0.1, -0.05) is 24.4 Å². The fourth-order valence-corrected chi connectivity index (χ4v) is 3.85. The summed E-state index contributed by atoms with van der Waals surface area (Å²) in [5.41, 5.74) is 1.25. The molecular formula is C15H23NO3. The molecule has 1 aliphatic heterocycles. The van der Waals surface area contributed by atoms with Gasteiger partial charge in [-0.15, -0.1) is 0 Å². The van der Waals surface area contributed by atoms with Crippen LogP contribution < -0.4 is 0 Å². The van der Waals surface area contributed by atoms with E-state index >= 15 is 0 Å². The third-order valence-corrected chi connectivity index (χ3v) is 4.82. The van der Waals surface area contributed by atoms with Gasteiger partial charge in [0.15, 0.2) is 0 Å². The Morgan fingerprint density at radius 2 is 2.11 bits per heavy atom. The Balaban J connectivity index is 1.63. The molecule has 1 heterocycles. The van der Waals surface area contributed by atoms with Crippen LogP contribution in [0, 0.1) is 17.8 Å². The van der Waals surface area contributed by atoms with Gasteiger partial charge in [0.05, 0.1) is 18.2 Å². The Hall–Kier alpha value is -1.06. The number of ether oxygens (including phenoxy) is 1. The Kier molecular flexibility index (Phi) is 3.76. The van der Waals surface area contributed by atoms with Gasteiger partial charge < -0.3 is 9.57 Å². The summed E-state index contributed by atoms with van der Waals surface area (Å²) in [7, 11) is 0. The third kappa shape index (κ3) is 2.49. The maximum atomic E-state index is 11.8. The number of esters is 1. The molecule has 4 heteroatoms. The van der Waals surface area contributed by atoms with Crippen LogP contribution in [0.25, 0.3) is 0 Å². The first-order valence-electron chi connectivity index (χ1n) is 7.69. The first kappa shape index (κ1) is 12.9. The molecule has 2 aliphatic carbocycles. The molecule has 2 saturated carbocycles. The summed E-state index contributed by atoms with van der Waals surface area (Å²) in [6, 6.07) is 0. The Bertz CT molecular complexity index is 374. The molecule has 3 rings (SSSR count). The highest BCUT2D eigenvalue weighted by Gasteiger charge is 2.47. The van der Waals surface area contributed by atoms with Gasteiger partial charge in [0.1, 0.15) is 6.10 Å². The van der Waals surface area contributed by atoms with E-state index in [1.54, 1.807) is 0 Å². The van der Waals surface area contributed by atoms with Gasteiger partial charge in [-0.3, -0.25) is 4.79 Å². The Morgan fingerprint density at radius 3 is 2.84 bits per heavy atom. The van der Waals surface area contributed by atoms with E-state index in [0.717, 1.165) is 12.8 Å². The molecule has 3 aliphatic rings. The van der Waals surface area contributed by atoms with Gasteiger partial charge in [-0.05, 0) is 26.2 Å². The quantitative estimate of drug-likeness (QED) is 0.737. The van der Waals surface area contributed by atoms with Crippen LogP contribution in [0.3, 0.4) is 0 Å². The zero-order chi connectivity index (χ0) is 13.2. The van der Waals surface area contributed by atoms with Crippen LogP contribution in [-0.2, 0) is 14.4 Å². The highest BCUT2D eigenvalue weighted by atomic mass is 16.6. The van der Waals surface area contributed by atoms with E-state index < -0.39 is 0 Å². The smallest absolute Gasteiger partial charge is 0.309 e. The average molecular weight is 265 g/mol. The molecule has 0 N–H and O–H groups in total. The van der Waals surface area contributed by atoms with Crippen LogP contribution in [-0.4, -0.2) is 24.4 Å². The number of hydrogen-bond acceptors (Lipinski definition) is 4. The molecule has 4 nitrogen and oxygen atoms in total. The Labute approximate surface area is 114 Å². The minimum Gasteiger partial charge on any atom is -0.466 e. The van der Waals surface area contributed by atoms with Crippen molar-refractivity contribution in [2.75, 3.05) is 6.61 Å². The lowest BCUT2D eigenvalue weighted by atomic mass is 9.80. The minimum atomic E-state index is -0.0523. The summed E-state index contributed by atoms with van der Waals surface area (Å²) in [4.78, 5) is 17.4. The first-order chi connectivity index (χ1) is 9.29. The SMILES string of the molecule is CCOC(=O)C1CC2ON=C(C3CCCCC3)C2C1. The first-order valence-corrected chi connectivity index (χ1v) is 7.69. The van der Waals surface area contributed by atoms with Gasteiger partial charge in [-0.2, -0.15) is 0 Å². The molecule has 0 spiro atoms. The fourth-order valence-electron chi connectivity index (χ4n) is 3.85. The second-order valence-corrected chi connectivity index (χ2v) is 6.02. The normalized spacial score (nSPS) is 34.6. The molecule has 0 aromatic rings. The van der Waals surface area contributed by atoms with Crippen LogP contribution in [0.1, 0.15) is 51.9 Å². The zero-order valence-corrected chi connectivity index (χ0v) is 11.6. The lowest BCUT2D eigenvalue weighted by molar-refractivity contribution is -0.148. The summed E-state index contributed by atoms with van der Waals surface area (Å²) < 4.78 is 5.14. The minimum absolute atomic E-state index is 0.0176. The maximum absolute atomic E-state index is 11.8.